The van der Waals surface area contributed by atoms with Crippen LogP contribution in [0.1, 0.15) is 23.5 Å². The Bertz CT molecular complexity index is 822. The number of nitrogens with zero attached hydrogens (tertiary/aromatic N) is 2. The van der Waals surface area contributed by atoms with Crippen LogP contribution in [0.25, 0.3) is 0 Å². The number of rotatable bonds is 6. The lowest BCUT2D eigenvalue weighted by molar-refractivity contribution is 0.266. The lowest BCUT2D eigenvalue weighted by Crippen LogP contribution is -2.41. The first-order valence-electron chi connectivity index (χ1n) is 9.50. The highest BCUT2D eigenvalue weighted by Crippen LogP contribution is 2.32. The quantitative estimate of drug-likeness (QED) is 0.613. The fourth-order valence-electron chi connectivity index (χ4n) is 3.54. The van der Waals surface area contributed by atoms with E-state index in [-0.39, 0.29) is 0 Å². The van der Waals surface area contributed by atoms with Gasteiger partial charge in [0.05, 0.1) is 20.8 Å². The molecule has 0 aromatic heterocycles. The maximum Gasteiger partial charge on any atom is 0.193 e. The van der Waals surface area contributed by atoms with Crippen molar-refractivity contribution in [3.8, 4) is 17.2 Å². The highest BCUT2D eigenvalue weighted by molar-refractivity contribution is 5.79. The SMILES string of the molecule is CN=C(NCC1CCOc2ccccc21)N(C)Cc1ccc(OC)cc1OC. The van der Waals surface area contributed by atoms with Crippen LogP contribution >= 0.6 is 0 Å². The fraction of sp³-hybridized carbons (Fsp3) is 0.409. The Morgan fingerprint density at radius 3 is 2.79 bits per heavy atom. The Morgan fingerprint density at radius 2 is 2.04 bits per heavy atom. The second kappa shape index (κ2) is 9.35. The summed E-state index contributed by atoms with van der Waals surface area (Å²) >= 11 is 0. The molecule has 1 atom stereocenters. The zero-order chi connectivity index (χ0) is 19.9. The number of hydrogen-bond acceptors (Lipinski definition) is 4. The minimum absolute atomic E-state index is 0.408. The molecule has 1 heterocycles. The number of hydrogen-bond donors (Lipinski definition) is 1. The summed E-state index contributed by atoms with van der Waals surface area (Å²) in [7, 11) is 7.16. The van der Waals surface area contributed by atoms with Gasteiger partial charge in [-0.05, 0) is 30.2 Å². The van der Waals surface area contributed by atoms with Crippen molar-refractivity contribution in [3.63, 3.8) is 0 Å². The molecule has 0 radical (unpaired) electrons. The van der Waals surface area contributed by atoms with Crippen LogP contribution < -0.4 is 19.5 Å². The third-order valence-corrected chi connectivity index (χ3v) is 5.06. The van der Waals surface area contributed by atoms with Gasteiger partial charge in [0.2, 0.25) is 0 Å². The van der Waals surface area contributed by atoms with E-state index in [1.807, 2.05) is 44.4 Å². The molecule has 1 aliphatic rings. The Morgan fingerprint density at radius 1 is 1.21 bits per heavy atom. The lowest BCUT2D eigenvalue weighted by atomic mass is 9.93. The molecule has 28 heavy (non-hydrogen) atoms. The number of benzene rings is 2. The molecule has 0 saturated heterocycles. The van der Waals surface area contributed by atoms with E-state index in [4.69, 9.17) is 14.2 Å². The van der Waals surface area contributed by atoms with E-state index < -0.39 is 0 Å². The number of ether oxygens (including phenoxy) is 3. The summed E-state index contributed by atoms with van der Waals surface area (Å²) in [4.78, 5) is 6.54. The maximum atomic E-state index is 5.77. The van der Waals surface area contributed by atoms with Crippen LogP contribution in [0.2, 0.25) is 0 Å². The topological polar surface area (TPSA) is 55.3 Å². The molecule has 2 aromatic carbocycles. The normalized spacial score (nSPS) is 16.0. The van der Waals surface area contributed by atoms with Crippen molar-refractivity contribution in [2.24, 2.45) is 4.99 Å². The lowest BCUT2D eigenvalue weighted by Gasteiger charge is -2.28. The molecular formula is C22H29N3O3. The van der Waals surface area contributed by atoms with Crippen LogP contribution in [-0.2, 0) is 6.54 Å². The number of aliphatic imine (C=N–C) groups is 1. The summed E-state index contributed by atoms with van der Waals surface area (Å²) in [5.41, 5.74) is 2.33. The minimum Gasteiger partial charge on any atom is -0.497 e. The van der Waals surface area contributed by atoms with Gasteiger partial charge in [-0.25, -0.2) is 0 Å². The van der Waals surface area contributed by atoms with E-state index in [0.29, 0.717) is 12.5 Å². The molecule has 1 N–H and O–H groups in total. The molecule has 2 aromatic rings. The second-order valence-corrected chi connectivity index (χ2v) is 6.83. The minimum atomic E-state index is 0.408. The smallest absolute Gasteiger partial charge is 0.193 e. The van der Waals surface area contributed by atoms with Crippen LogP contribution in [0.4, 0.5) is 0 Å². The highest BCUT2D eigenvalue weighted by atomic mass is 16.5. The van der Waals surface area contributed by atoms with Crippen LogP contribution in [0.3, 0.4) is 0 Å². The largest absolute Gasteiger partial charge is 0.497 e. The average molecular weight is 383 g/mol. The molecule has 6 nitrogen and oxygen atoms in total. The Balaban J connectivity index is 1.65. The van der Waals surface area contributed by atoms with Crippen molar-refractivity contribution in [2.45, 2.75) is 18.9 Å². The van der Waals surface area contributed by atoms with Gasteiger partial charge in [-0.3, -0.25) is 4.99 Å². The molecule has 150 valence electrons. The number of nitrogens with one attached hydrogen (secondary N) is 1. The fourth-order valence-corrected chi connectivity index (χ4v) is 3.54. The van der Waals surface area contributed by atoms with E-state index in [1.165, 1.54) is 5.56 Å². The average Bonchev–Trinajstić information content (AvgIpc) is 2.74. The first kappa shape index (κ1) is 19.9. The number of para-hydroxylation sites is 1. The van der Waals surface area contributed by atoms with E-state index in [1.54, 1.807) is 14.2 Å². The molecule has 3 rings (SSSR count). The zero-order valence-electron chi connectivity index (χ0n) is 17.1. The van der Waals surface area contributed by atoms with Crippen molar-refractivity contribution in [3.05, 3.63) is 53.6 Å². The van der Waals surface area contributed by atoms with Gasteiger partial charge >= 0.3 is 0 Å². The van der Waals surface area contributed by atoms with Gasteiger partial charge in [0.15, 0.2) is 5.96 Å². The first-order valence-corrected chi connectivity index (χ1v) is 9.50. The molecule has 0 aliphatic carbocycles. The summed E-state index contributed by atoms with van der Waals surface area (Å²) in [6.07, 6.45) is 0.997. The second-order valence-electron chi connectivity index (χ2n) is 6.83. The standard InChI is InChI=1S/C22H29N3O3/c1-23-22(24-14-16-11-12-28-20-8-6-5-7-19(16)20)25(2)15-17-9-10-18(26-3)13-21(17)27-4/h5-10,13,16H,11-12,14-15H2,1-4H3,(H,23,24). The molecule has 1 aliphatic heterocycles. The summed E-state index contributed by atoms with van der Waals surface area (Å²) in [6, 6.07) is 14.1. The van der Waals surface area contributed by atoms with Gasteiger partial charge in [-0.1, -0.05) is 18.2 Å². The van der Waals surface area contributed by atoms with E-state index in [2.05, 4.69) is 27.3 Å². The van der Waals surface area contributed by atoms with Crippen LogP contribution in [0.5, 0.6) is 17.2 Å². The van der Waals surface area contributed by atoms with Gasteiger partial charge in [-0.2, -0.15) is 0 Å². The number of methoxy groups -OCH3 is 2. The summed E-state index contributed by atoms with van der Waals surface area (Å²) in [6.45, 7) is 2.25. The van der Waals surface area contributed by atoms with Crippen molar-refractivity contribution < 1.29 is 14.2 Å². The maximum absolute atomic E-state index is 5.77. The van der Waals surface area contributed by atoms with E-state index in [0.717, 1.165) is 48.3 Å². The number of guanidine groups is 1. The van der Waals surface area contributed by atoms with Gasteiger partial charge < -0.3 is 24.4 Å². The predicted molar refractivity (Wildman–Crippen MR) is 112 cm³/mol. The van der Waals surface area contributed by atoms with Crippen LogP contribution in [0, 0.1) is 0 Å². The molecule has 0 amide bonds. The van der Waals surface area contributed by atoms with E-state index in [9.17, 15) is 0 Å². The Kier molecular flexibility index (Phi) is 6.63. The zero-order valence-corrected chi connectivity index (χ0v) is 17.1. The molecule has 1 unspecified atom stereocenters. The molecular weight excluding hydrogens is 354 g/mol. The molecule has 0 saturated carbocycles. The molecule has 0 bridgehead atoms. The highest BCUT2D eigenvalue weighted by Gasteiger charge is 2.21. The van der Waals surface area contributed by atoms with Crippen molar-refractivity contribution >= 4 is 5.96 Å². The third kappa shape index (κ3) is 4.50. The first-order chi connectivity index (χ1) is 13.7. The summed E-state index contributed by atoms with van der Waals surface area (Å²) in [5, 5.41) is 3.51. The predicted octanol–water partition coefficient (Wildman–Crippen LogP) is 3.28. The van der Waals surface area contributed by atoms with E-state index >= 15 is 0 Å². The monoisotopic (exact) mass is 383 g/mol. The summed E-state index contributed by atoms with van der Waals surface area (Å²) in [5.74, 6) is 3.84. The Labute approximate surface area is 167 Å². The van der Waals surface area contributed by atoms with Gasteiger partial charge in [-0.15, -0.1) is 0 Å². The third-order valence-electron chi connectivity index (χ3n) is 5.06. The van der Waals surface area contributed by atoms with Crippen LogP contribution in [0.15, 0.2) is 47.5 Å². The van der Waals surface area contributed by atoms with Gasteiger partial charge in [0, 0.05) is 44.7 Å². The van der Waals surface area contributed by atoms with Crippen LogP contribution in [-0.4, -0.2) is 52.3 Å². The van der Waals surface area contributed by atoms with Crippen molar-refractivity contribution in [1.29, 1.82) is 0 Å². The Hall–Kier alpha value is -2.89. The van der Waals surface area contributed by atoms with Crippen molar-refractivity contribution in [2.75, 3.05) is 41.5 Å². The van der Waals surface area contributed by atoms with Crippen molar-refractivity contribution in [1.82, 2.24) is 10.2 Å². The molecule has 0 spiro atoms. The number of fused-ring (bicyclic) bond motifs is 1. The summed E-state index contributed by atoms with van der Waals surface area (Å²) < 4.78 is 16.6. The molecule has 6 heteroatoms. The van der Waals surface area contributed by atoms with Gasteiger partial charge in [0.25, 0.3) is 0 Å². The van der Waals surface area contributed by atoms with Gasteiger partial charge in [0.1, 0.15) is 17.2 Å². The molecule has 0 fully saturated rings.